The van der Waals surface area contributed by atoms with Crippen LogP contribution in [-0.2, 0) is 0 Å². The largest absolute Gasteiger partial charge is 0.461 e. The lowest BCUT2D eigenvalue weighted by Gasteiger charge is -1.88. The van der Waals surface area contributed by atoms with Crippen LogP contribution in [0, 0.1) is 0 Å². The van der Waals surface area contributed by atoms with Crippen LogP contribution in [0.3, 0.4) is 0 Å². The number of anilines is 1. The van der Waals surface area contributed by atoms with Gasteiger partial charge in [-0.15, -0.1) is 0 Å². The van der Waals surface area contributed by atoms with E-state index in [9.17, 15) is 0 Å². The van der Waals surface area contributed by atoms with E-state index in [0.29, 0.717) is 17.5 Å². The third kappa shape index (κ3) is 1.07. The van der Waals surface area contributed by atoms with Gasteiger partial charge in [-0.2, -0.15) is 0 Å². The molecule has 0 saturated heterocycles. The van der Waals surface area contributed by atoms with Gasteiger partial charge in [-0.1, -0.05) is 0 Å². The van der Waals surface area contributed by atoms with Crippen molar-refractivity contribution in [2.75, 3.05) is 12.4 Å². The fourth-order valence-corrected chi connectivity index (χ4v) is 0.922. The maximum atomic E-state index is 5.26. The summed E-state index contributed by atoms with van der Waals surface area (Å²) in [7, 11) is 1.75. The molecule has 0 amide bonds. The number of nitrogens with zero attached hydrogens (tertiary/aromatic N) is 1. The minimum Gasteiger partial charge on any atom is -0.461 e. The number of nitrogens with one attached hydrogen (secondary N) is 1. The fraction of sp³-hybridized carbons (Fsp3) is 0.125. The van der Waals surface area contributed by atoms with Crippen molar-refractivity contribution in [2.45, 2.75) is 0 Å². The van der Waals surface area contributed by atoms with Crippen LogP contribution in [0.5, 0.6) is 0 Å². The molecule has 0 aliphatic rings. The van der Waals surface area contributed by atoms with Gasteiger partial charge in [0.05, 0.1) is 12.5 Å². The molecule has 2 aromatic rings. The van der Waals surface area contributed by atoms with E-state index in [1.54, 1.807) is 25.6 Å². The molecular weight excluding hydrogens is 156 g/mol. The molecule has 1 N–H and O–H groups in total. The van der Waals surface area contributed by atoms with E-state index in [-0.39, 0.29) is 0 Å². The zero-order chi connectivity index (χ0) is 8.39. The van der Waals surface area contributed by atoms with Gasteiger partial charge in [-0.3, -0.25) is 0 Å². The van der Waals surface area contributed by atoms with Gasteiger partial charge >= 0.3 is 0 Å². The quantitative estimate of drug-likeness (QED) is 0.737. The van der Waals surface area contributed by atoms with Gasteiger partial charge < -0.3 is 14.2 Å². The monoisotopic (exact) mass is 164 g/mol. The Bertz CT molecular complexity index is 351. The van der Waals surface area contributed by atoms with Crippen molar-refractivity contribution in [2.24, 2.45) is 0 Å². The van der Waals surface area contributed by atoms with Crippen LogP contribution in [0.15, 0.2) is 33.4 Å². The molecule has 12 heavy (non-hydrogen) atoms. The van der Waals surface area contributed by atoms with Crippen LogP contribution in [0.4, 0.5) is 6.01 Å². The Morgan fingerprint density at radius 2 is 2.33 bits per heavy atom. The molecule has 4 heteroatoms. The van der Waals surface area contributed by atoms with Gasteiger partial charge in [-0.25, -0.2) is 4.98 Å². The summed E-state index contributed by atoms with van der Waals surface area (Å²) in [5, 5.41) is 2.79. The van der Waals surface area contributed by atoms with Crippen molar-refractivity contribution in [3.8, 4) is 11.5 Å². The average Bonchev–Trinajstić information content (AvgIpc) is 2.75. The van der Waals surface area contributed by atoms with E-state index in [1.807, 2.05) is 6.07 Å². The van der Waals surface area contributed by atoms with Gasteiger partial charge in [0.15, 0.2) is 11.5 Å². The fourth-order valence-electron chi connectivity index (χ4n) is 0.922. The average molecular weight is 164 g/mol. The second-order valence-electron chi connectivity index (χ2n) is 2.26. The second kappa shape index (κ2) is 2.73. The van der Waals surface area contributed by atoms with E-state index < -0.39 is 0 Å². The minimum absolute atomic E-state index is 0.487. The summed E-state index contributed by atoms with van der Waals surface area (Å²) in [6.07, 6.45) is 3.21. The lowest BCUT2D eigenvalue weighted by molar-refractivity contribution is 0.529. The van der Waals surface area contributed by atoms with Crippen molar-refractivity contribution in [3.63, 3.8) is 0 Å². The first-order chi connectivity index (χ1) is 5.90. The number of furan rings is 1. The Hall–Kier alpha value is -1.71. The van der Waals surface area contributed by atoms with Crippen molar-refractivity contribution in [1.82, 2.24) is 4.98 Å². The molecule has 0 spiro atoms. The van der Waals surface area contributed by atoms with Crippen molar-refractivity contribution >= 4 is 6.01 Å². The standard InChI is InChI=1S/C8H8N2O2/c1-9-8-10-5-7(12-8)6-3-2-4-11-6/h2-5H,1H3,(H,9,10). The molecule has 0 bridgehead atoms. The van der Waals surface area contributed by atoms with E-state index in [4.69, 9.17) is 8.83 Å². The SMILES string of the molecule is CNc1ncc(-c2ccco2)o1. The predicted molar refractivity (Wildman–Crippen MR) is 43.8 cm³/mol. The highest BCUT2D eigenvalue weighted by Crippen LogP contribution is 2.21. The summed E-state index contributed by atoms with van der Waals surface area (Å²) >= 11 is 0. The molecule has 0 atom stereocenters. The number of rotatable bonds is 2. The van der Waals surface area contributed by atoms with E-state index >= 15 is 0 Å². The molecule has 0 aliphatic carbocycles. The van der Waals surface area contributed by atoms with Crippen molar-refractivity contribution in [3.05, 3.63) is 24.6 Å². The summed E-state index contributed by atoms with van der Waals surface area (Å²) in [6, 6.07) is 4.11. The first kappa shape index (κ1) is 6.97. The maximum Gasteiger partial charge on any atom is 0.294 e. The van der Waals surface area contributed by atoms with Gasteiger partial charge in [0, 0.05) is 7.05 Å². The first-order valence-electron chi connectivity index (χ1n) is 3.57. The first-order valence-corrected chi connectivity index (χ1v) is 3.57. The van der Waals surface area contributed by atoms with E-state index in [0.717, 1.165) is 0 Å². The second-order valence-corrected chi connectivity index (χ2v) is 2.26. The molecule has 0 saturated carbocycles. The molecule has 2 aromatic heterocycles. The van der Waals surface area contributed by atoms with Gasteiger partial charge in [0.1, 0.15) is 0 Å². The normalized spacial score (nSPS) is 10.1. The van der Waals surface area contributed by atoms with Crippen LogP contribution in [0.2, 0.25) is 0 Å². The summed E-state index contributed by atoms with van der Waals surface area (Å²) < 4.78 is 10.4. The van der Waals surface area contributed by atoms with Crippen molar-refractivity contribution in [1.29, 1.82) is 0 Å². The lowest BCUT2D eigenvalue weighted by atomic mass is 10.4. The molecule has 0 fully saturated rings. The third-order valence-corrected chi connectivity index (χ3v) is 1.48. The van der Waals surface area contributed by atoms with Crippen LogP contribution in [-0.4, -0.2) is 12.0 Å². The minimum atomic E-state index is 0.487. The summed E-state index contributed by atoms with van der Waals surface area (Å²) in [4.78, 5) is 3.95. The van der Waals surface area contributed by atoms with Crippen molar-refractivity contribution < 1.29 is 8.83 Å². The van der Waals surface area contributed by atoms with Crippen LogP contribution < -0.4 is 5.32 Å². The lowest BCUT2D eigenvalue weighted by Crippen LogP contribution is -1.84. The highest BCUT2D eigenvalue weighted by atomic mass is 16.4. The van der Waals surface area contributed by atoms with Gasteiger partial charge in [0.25, 0.3) is 6.01 Å². The van der Waals surface area contributed by atoms with Gasteiger partial charge in [-0.05, 0) is 12.1 Å². The summed E-state index contributed by atoms with van der Waals surface area (Å²) in [5.74, 6) is 1.31. The molecule has 0 aliphatic heterocycles. The van der Waals surface area contributed by atoms with E-state index in [2.05, 4.69) is 10.3 Å². The molecule has 0 radical (unpaired) electrons. The summed E-state index contributed by atoms with van der Waals surface area (Å²) in [6.45, 7) is 0. The Balaban J connectivity index is 2.35. The van der Waals surface area contributed by atoms with Crippen LogP contribution in [0.1, 0.15) is 0 Å². The summed E-state index contributed by atoms with van der Waals surface area (Å²) in [5.41, 5.74) is 0. The molecule has 2 rings (SSSR count). The zero-order valence-electron chi connectivity index (χ0n) is 6.57. The molecule has 0 aromatic carbocycles. The topological polar surface area (TPSA) is 51.2 Å². The number of aromatic nitrogens is 1. The Labute approximate surface area is 69.2 Å². The molecule has 0 unspecified atom stereocenters. The third-order valence-electron chi connectivity index (χ3n) is 1.48. The Kier molecular flexibility index (Phi) is 1.59. The van der Waals surface area contributed by atoms with Crippen LogP contribution in [0.25, 0.3) is 11.5 Å². The predicted octanol–water partition coefficient (Wildman–Crippen LogP) is 1.98. The van der Waals surface area contributed by atoms with Crippen LogP contribution >= 0.6 is 0 Å². The number of oxazole rings is 1. The Morgan fingerprint density at radius 1 is 1.42 bits per heavy atom. The maximum absolute atomic E-state index is 5.26. The zero-order valence-corrected chi connectivity index (χ0v) is 6.57. The molecule has 4 nitrogen and oxygen atoms in total. The number of hydrogen-bond donors (Lipinski definition) is 1. The molecule has 62 valence electrons. The Morgan fingerprint density at radius 3 is 2.92 bits per heavy atom. The number of hydrogen-bond acceptors (Lipinski definition) is 4. The highest BCUT2D eigenvalue weighted by Gasteiger charge is 2.06. The smallest absolute Gasteiger partial charge is 0.294 e. The molecular formula is C8H8N2O2. The highest BCUT2D eigenvalue weighted by molar-refractivity contribution is 5.49. The molecule has 2 heterocycles. The van der Waals surface area contributed by atoms with Gasteiger partial charge in [0.2, 0.25) is 0 Å². The van der Waals surface area contributed by atoms with E-state index in [1.165, 1.54) is 0 Å².